The fraction of sp³-hybridized carbons (Fsp3) is 0.423. The SMILES string of the molecule is CC[C@]1(C)CC(=O)N([C@@H]2CCOc3ccc(C(=O)N[C@@H]4c5cc(Cl)ccc5OC[C@H]4O)cc32)C(=N)N1. The number of carbonyl (C=O) groups excluding carboxylic acids is 2. The summed E-state index contributed by atoms with van der Waals surface area (Å²) in [4.78, 5) is 27.9. The van der Waals surface area contributed by atoms with Crippen LogP contribution in [-0.4, -0.2) is 52.6 Å². The van der Waals surface area contributed by atoms with Gasteiger partial charge in [-0.25, -0.2) is 0 Å². The predicted molar refractivity (Wildman–Crippen MR) is 133 cm³/mol. The third-order valence-corrected chi connectivity index (χ3v) is 7.47. The van der Waals surface area contributed by atoms with Crippen LogP contribution >= 0.6 is 11.6 Å². The molecule has 3 heterocycles. The molecule has 2 amide bonds. The first-order valence-corrected chi connectivity index (χ1v) is 12.4. The van der Waals surface area contributed by atoms with Crippen molar-refractivity contribution in [1.29, 1.82) is 5.41 Å². The van der Waals surface area contributed by atoms with Gasteiger partial charge in [0.2, 0.25) is 5.91 Å². The molecule has 5 rings (SSSR count). The minimum absolute atomic E-state index is 0.0442. The highest BCUT2D eigenvalue weighted by molar-refractivity contribution is 6.30. The Morgan fingerprint density at radius 1 is 1.25 bits per heavy atom. The first-order chi connectivity index (χ1) is 17.2. The number of hydrogen-bond donors (Lipinski definition) is 4. The Hall–Kier alpha value is -3.30. The minimum atomic E-state index is -0.945. The van der Waals surface area contributed by atoms with E-state index in [1.165, 1.54) is 4.90 Å². The smallest absolute Gasteiger partial charge is 0.251 e. The van der Waals surface area contributed by atoms with Gasteiger partial charge in [-0.1, -0.05) is 18.5 Å². The number of nitrogens with one attached hydrogen (secondary N) is 3. The number of nitrogens with zero attached hydrogens (tertiary/aromatic N) is 1. The molecule has 0 aromatic heterocycles. The van der Waals surface area contributed by atoms with Crippen LogP contribution in [0.1, 0.15) is 66.7 Å². The molecule has 2 aromatic carbocycles. The summed E-state index contributed by atoms with van der Waals surface area (Å²) in [5, 5.41) is 25.7. The molecular weight excluding hydrogens is 484 g/mol. The van der Waals surface area contributed by atoms with E-state index in [1.807, 2.05) is 13.8 Å². The van der Waals surface area contributed by atoms with Crippen molar-refractivity contribution < 1.29 is 24.2 Å². The van der Waals surface area contributed by atoms with E-state index in [2.05, 4.69) is 10.6 Å². The van der Waals surface area contributed by atoms with E-state index < -0.39 is 29.6 Å². The molecule has 1 fully saturated rings. The molecule has 3 aliphatic rings. The summed E-state index contributed by atoms with van der Waals surface area (Å²) in [6, 6.07) is 9.02. The average molecular weight is 513 g/mol. The number of halogens is 1. The maximum absolute atomic E-state index is 13.3. The number of aliphatic hydroxyl groups is 1. The lowest BCUT2D eigenvalue weighted by molar-refractivity contribution is -0.132. The molecule has 0 unspecified atom stereocenters. The third-order valence-electron chi connectivity index (χ3n) is 7.23. The van der Waals surface area contributed by atoms with E-state index in [9.17, 15) is 14.7 Å². The molecule has 9 nitrogen and oxygen atoms in total. The maximum atomic E-state index is 13.3. The van der Waals surface area contributed by atoms with Gasteiger partial charge in [-0.2, -0.15) is 0 Å². The number of guanidine groups is 1. The van der Waals surface area contributed by atoms with Crippen molar-refractivity contribution in [2.24, 2.45) is 0 Å². The molecule has 4 N–H and O–H groups in total. The van der Waals surface area contributed by atoms with Crippen molar-refractivity contribution in [1.82, 2.24) is 15.5 Å². The minimum Gasteiger partial charge on any atom is -0.493 e. The molecule has 0 saturated carbocycles. The van der Waals surface area contributed by atoms with Gasteiger partial charge in [0.15, 0.2) is 5.96 Å². The summed E-state index contributed by atoms with van der Waals surface area (Å²) < 4.78 is 11.4. The quantitative estimate of drug-likeness (QED) is 0.498. The van der Waals surface area contributed by atoms with Gasteiger partial charge in [0.05, 0.1) is 25.1 Å². The summed E-state index contributed by atoms with van der Waals surface area (Å²) in [5.41, 5.74) is 1.18. The highest BCUT2D eigenvalue weighted by Crippen LogP contribution is 2.39. The second-order valence-electron chi connectivity index (χ2n) is 9.75. The van der Waals surface area contributed by atoms with Gasteiger partial charge in [0.25, 0.3) is 5.91 Å². The fourth-order valence-electron chi connectivity index (χ4n) is 5.03. The molecule has 0 spiro atoms. The molecule has 0 bridgehead atoms. The van der Waals surface area contributed by atoms with Gasteiger partial charge in [-0.15, -0.1) is 0 Å². The number of benzene rings is 2. The molecule has 2 aromatic rings. The van der Waals surface area contributed by atoms with E-state index in [1.54, 1.807) is 36.4 Å². The molecule has 10 heteroatoms. The van der Waals surface area contributed by atoms with E-state index in [0.717, 1.165) is 6.42 Å². The number of amides is 2. The number of hydrogen-bond acceptors (Lipinski definition) is 6. The Morgan fingerprint density at radius 2 is 2.00 bits per heavy atom. The largest absolute Gasteiger partial charge is 0.493 e. The zero-order valence-electron chi connectivity index (χ0n) is 20.1. The lowest BCUT2D eigenvalue weighted by atomic mass is 9.89. The summed E-state index contributed by atoms with van der Waals surface area (Å²) in [6.07, 6.45) is 0.554. The van der Waals surface area contributed by atoms with Gasteiger partial charge in [-0.05, 0) is 49.7 Å². The molecular formula is C26H29ClN4O5. The van der Waals surface area contributed by atoms with Crippen LogP contribution in [0.3, 0.4) is 0 Å². The maximum Gasteiger partial charge on any atom is 0.251 e. The van der Waals surface area contributed by atoms with Gasteiger partial charge in [-0.3, -0.25) is 19.9 Å². The normalized spacial score (nSPS) is 27.2. The highest BCUT2D eigenvalue weighted by Gasteiger charge is 2.42. The van der Waals surface area contributed by atoms with Gasteiger partial charge >= 0.3 is 0 Å². The first kappa shape index (κ1) is 24.4. The van der Waals surface area contributed by atoms with E-state index in [4.69, 9.17) is 26.5 Å². The Morgan fingerprint density at radius 3 is 2.75 bits per heavy atom. The number of carbonyl (C=O) groups is 2. The molecule has 1 saturated heterocycles. The molecule has 3 aliphatic heterocycles. The summed E-state index contributed by atoms with van der Waals surface area (Å²) in [7, 11) is 0. The summed E-state index contributed by atoms with van der Waals surface area (Å²) in [5.74, 6) is 0.672. The topological polar surface area (TPSA) is 124 Å². The second kappa shape index (κ2) is 9.29. The van der Waals surface area contributed by atoms with Crippen molar-refractivity contribution in [2.75, 3.05) is 13.2 Å². The fourth-order valence-corrected chi connectivity index (χ4v) is 5.21. The Bertz CT molecular complexity index is 1220. The average Bonchev–Trinajstić information content (AvgIpc) is 2.85. The van der Waals surface area contributed by atoms with Crippen molar-refractivity contribution in [3.05, 3.63) is 58.1 Å². The van der Waals surface area contributed by atoms with Crippen molar-refractivity contribution in [3.8, 4) is 11.5 Å². The molecule has 4 atom stereocenters. The molecule has 0 aliphatic carbocycles. The number of rotatable bonds is 4. The summed E-state index contributed by atoms with van der Waals surface area (Å²) >= 11 is 6.14. The lowest BCUT2D eigenvalue weighted by Crippen LogP contribution is -2.61. The van der Waals surface area contributed by atoms with Crippen LogP contribution in [0.4, 0.5) is 0 Å². The zero-order chi connectivity index (χ0) is 25.6. The second-order valence-corrected chi connectivity index (χ2v) is 10.2. The van der Waals surface area contributed by atoms with Crippen LogP contribution < -0.4 is 20.1 Å². The van der Waals surface area contributed by atoms with Gasteiger partial charge in [0.1, 0.15) is 24.2 Å². The van der Waals surface area contributed by atoms with Gasteiger partial charge < -0.3 is 25.2 Å². The number of fused-ring (bicyclic) bond motifs is 2. The van der Waals surface area contributed by atoms with E-state index in [-0.39, 0.29) is 24.9 Å². The standard InChI is InChI=1S/C26H29ClN4O5/c1-3-26(2)12-22(33)31(25(28)30-26)18-8-9-35-20-6-4-14(10-16(18)20)24(34)29-23-17-11-15(27)5-7-21(17)36-13-19(23)32/h4-7,10-11,18-19,23,32H,3,8-9,12-13H2,1-2H3,(H2,28,30)(H,29,34)/t18-,19-,23-,26-/m1/s1. The molecule has 36 heavy (non-hydrogen) atoms. The van der Waals surface area contributed by atoms with E-state index in [0.29, 0.717) is 46.2 Å². The lowest BCUT2D eigenvalue weighted by Gasteiger charge is -2.44. The summed E-state index contributed by atoms with van der Waals surface area (Å²) in [6.45, 7) is 4.37. The number of aliphatic hydroxyl groups excluding tert-OH is 1. The van der Waals surface area contributed by atoms with Crippen LogP contribution in [0.2, 0.25) is 5.02 Å². The zero-order valence-corrected chi connectivity index (χ0v) is 20.9. The monoisotopic (exact) mass is 512 g/mol. The van der Waals surface area contributed by atoms with Crippen LogP contribution in [0.15, 0.2) is 36.4 Å². The van der Waals surface area contributed by atoms with Crippen LogP contribution in [-0.2, 0) is 4.79 Å². The third kappa shape index (κ3) is 4.37. The van der Waals surface area contributed by atoms with E-state index >= 15 is 0 Å². The Labute approximate surface area is 214 Å². The molecule has 190 valence electrons. The van der Waals surface area contributed by atoms with Crippen molar-refractivity contribution in [2.45, 2.75) is 56.8 Å². The first-order valence-electron chi connectivity index (χ1n) is 12.1. The van der Waals surface area contributed by atoms with Crippen LogP contribution in [0, 0.1) is 5.41 Å². The highest BCUT2D eigenvalue weighted by atomic mass is 35.5. The predicted octanol–water partition coefficient (Wildman–Crippen LogP) is 3.31. The van der Waals surface area contributed by atoms with Crippen LogP contribution in [0.5, 0.6) is 11.5 Å². The number of ether oxygens (including phenoxy) is 2. The van der Waals surface area contributed by atoms with Crippen molar-refractivity contribution >= 4 is 29.4 Å². The van der Waals surface area contributed by atoms with Crippen LogP contribution in [0.25, 0.3) is 0 Å². The Balaban J connectivity index is 1.42. The Kier molecular flexibility index (Phi) is 6.30. The van der Waals surface area contributed by atoms with Crippen molar-refractivity contribution in [3.63, 3.8) is 0 Å². The van der Waals surface area contributed by atoms with Gasteiger partial charge in [0, 0.05) is 33.7 Å². The molecule has 0 radical (unpaired) electrons.